The van der Waals surface area contributed by atoms with Crippen molar-refractivity contribution in [2.24, 2.45) is 0 Å². The monoisotopic (exact) mass is 393 g/mol. The normalized spacial score (nSPS) is 11.5. The van der Waals surface area contributed by atoms with Crippen molar-refractivity contribution < 1.29 is 14.4 Å². The number of rotatable bonds is 7. The third-order valence-corrected chi connectivity index (χ3v) is 4.71. The minimum Gasteiger partial charge on any atom is -0.354 e. The average Bonchev–Trinajstić information content (AvgIpc) is 3.16. The van der Waals surface area contributed by atoms with Gasteiger partial charge in [-0.25, -0.2) is 0 Å². The minimum atomic E-state index is -0.672. The van der Waals surface area contributed by atoms with Crippen LogP contribution in [0.3, 0.4) is 0 Å². The molecule has 1 aromatic carbocycles. The van der Waals surface area contributed by atoms with Gasteiger partial charge in [0.15, 0.2) is 0 Å². The van der Waals surface area contributed by atoms with Crippen LogP contribution in [0.25, 0.3) is 0 Å². The van der Waals surface area contributed by atoms with Gasteiger partial charge in [0.25, 0.3) is 11.8 Å². The second-order valence-corrected chi connectivity index (χ2v) is 6.97. The molecule has 0 radical (unpaired) electrons. The van der Waals surface area contributed by atoms with Gasteiger partial charge in [0.1, 0.15) is 6.04 Å². The molecule has 1 atom stereocenters. The fourth-order valence-electron chi connectivity index (χ4n) is 2.10. The third kappa shape index (κ3) is 5.31. The molecule has 0 fully saturated rings. The van der Waals surface area contributed by atoms with Crippen LogP contribution in [0, 0.1) is 0 Å². The Labute approximate surface area is 160 Å². The van der Waals surface area contributed by atoms with Gasteiger partial charge >= 0.3 is 0 Å². The molecule has 3 N–H and O–H groups in total. The Hall–Kier alpha value is -2.38. The first-order chi connectivity index (χ1) is 12.4. The molecule has 3 amide bonds. The van der Waals surface area contributed by atoms with E-state index in [-0.39, 0.29) is 11.8 Å². The largest absolute Gasteiger partial charge is 0.354 e. The molecule has 2 rings (SSSR count). The molecule has 2 aromatic rings. The zero-order valence-electron chi connectivity index (χ0n) is 14.5. The van der Waals surface area contributed by atoms with Crippen molar-refractivity contribution >= 4 is 46.3 Å². The van der Waals surface area contributed by atoms with E-state index in [1.54, 1.807) is 24.4 Å². The number of anilines is 1. The van der Waals surface area contributed by atoms with Crippen LogP contribution >= 0.6 is 22.9 Å². The Morgan fingerprint density at radius 3 is 2.62 bits per heavy atom. The summed E-state index contributed by atoms with van der Waals surface area (Å²) in [5, 5.41) is 10.2. The molecule has 0 aliphatic carbocycles. The van der Waals surface area contributed by atoms with Crippen molar-refractivity contribution in [3.8, 4) is 0 Å². The molecular formula is C18H20ClN3O3S. The molecule has 0 saturated heterocycles. The van der Waals surface area contributed by atoms with Gasteiger partial charge in [0, 0.05) is 12.1 Å². The predicted octanol–water partition coefficient (Wildman–Crippen LogP) is 3.30. The molecule has 6 nitrogen and oxygen atoms in total. The van der Waals surface area contributed by atoms with Gasteiger partial charge < -0.3 is 16.0 Å². The minimum absolute atomic E-state index is 0.250. The smallest absolute Gasteiger partial charge is 0.265 e. The van der Waals surface area contributed by atoms with Gasteiger partial charge in [-0.05, 0) is 43.0 Å². The molecule has 0 bridgehead atoms. The predicted molar refractivity (Wildman–Crippen MR) is 104 cm³/mol. The summed E-state index contributed by atoms with van der Waals surface area (Å²) in [6.45, 7) is 4.11. The summed E-state index contributed by atoms with van der Waals surface area (Å²) in [7, 11) is 0. The molecule has 0 aliphatic heterocycles. The Kier molecular flexibility index (Phi) is 7.17. The topological polar surface area (TPSA) is 87.3 Å². The van der Waals surface area contributed by atoms with E-state index in [2.05, 4.69) is 16.0 Å². The number of nitrogens with one attached hydrogen (secondary N) is 3. The summed E-state index contributed by atoms with van der Waals surface area (Å²) in [6, 6.07) is 7.35. The van der Waals surface area contributed by atoms with Gasteiger partial charge in [-0.15, -0.1) is 11.3 Å². The van der Waals surface area contributed by atoms with E-state index in [0.29, 0.717) is 27.7 Å². The van der Waals surface area contributed by atoms with Crippen LogP contribution in [0.2, 0.25) is 5.02 Å². The van der Waals surface area contributed by atoms with E-state index in [1.807, 2.05) is 6.92 Å². The van der Waals surface area contributed by atoms with E-state index in [0.717, 1.165) is 6.42 Å². The fourth-order valence-corrected chi connectivity index (χ4v) is 2.88. The SMILES string of the molecule is CCCNC(=O)[C@@H](C)NC(=O)c1ccc(Cl)c(NC(=O)c2cccs2)c1. The highest BCUT2D eigenvalue weighted by Crippen LogP contribution is 2.24. The standard InChI is InChI=1S/C18H20ClN3O3S/c1-3-8-20-16(23)11(2)21-17(24)12-6-7-13(19)14(10-12)22-18(25)15-5-4-9-26-15/h4-7,9-11H,3,8H2,1-2H3,(H,20,23)(H,21,24)(H,22,25)/t11-/m1/s1. The number of benzene rings is 1. The van der Waals surface area contributed by atoms with Crippen molar-refractivity contribution in [1.82, 2.24) is 10.6 Å². The van der Waals surface area contributed by atoms with Gasteiger partial charge in [-0.3, -0.25) is 14.4 Å². The molecule has 138 valence electrons. The van der Waals surface area contributed by atoms with Gasteiger partial charge in [-0.1, -0.05) is 24.6 Å². The van der Waals surface area contributed by atoms with Crippen molar-refractivity contribution in [3.63, 3.8) is 0 Å². The summed E-state index contributed by atoms with van der Waals surface area (Å²) in [5.41, 5.74) is 0.631. The number of thiophene rings is 1. The Morgan fingerprint density at radius 1 is 1.19 bits per heavy atom. The summed E-state index contributed by atoms with van der Waals surface area (Å²) >= 11 is 7.42. The number of hydrogen-bond donors (Lipinski definition) is 3. The van der Waals surface area contributed by atoms with E-state index in [9.17, 15) is 14.4 Å². The van der Waals surface area contributed by atoms with Crippen LogP contribution in [0.5, 0.6) is 0 Å². The van der Waals surface area contributed by atoms with E-state index in [1.165, 1.54) is 29.5 Å². The molecule has 1 heterocycles. The zero-order valence-corrected chi connectivity index (χ0v) is 16.0. The maximum Gasteiger partial charge on any atom is 0.265 e. The van der Waals surface area contributed by atoms with Crippen LogP contribution in [0.15, 0.2) is 35.7 Å². The van der Waals surface area contributed by atoms with Crippen molar-refractivity contribution in [2.45, 2.75) is 26.3 Å². The summed E-state index contributed by atoms with van der Waals surface area (Å²) < 4.78 is 0. The van der Waals surface area contributed by atoms with Crippen LogP contribution < -0.4 is 16.0 Å². The summed E-state index contributed by atoms with van der Waals surface area (Å²) in [6.07, 6.45) is 0.816. The first kappa shape index (κ1) is 19.9. The Balaban J connectivity index is 2.06. The molecule has 8 heteroatoms. The second-order valence-electron chi connectivity index (χ2n) is 5.61. The van der Waals surface area contributed by atoms with Crippen LogP contribution in [0.4, 0.5) is 5.69 Å². The zero-order chi connectivity index (χ0) is 19.1. The quantitative estimate of drug-likeness (QED) is 0.674. The first-order valence-electron chi connectivity index (χ1n) is 8.15. The average molecular weight is 394 g/mol. The lowest BCUT2D eigenvalue weighted by atomic mass is 10.1. The van der Waals surface area contributed by atoms with E-state index < -0.39 is 11.9 Å². The summed E-state index contributed by atoms with van der Waals surface area (Å²) in [5.74, 6) is -0.973. The molecule has 0 saturated carbocycles. The molecular weight excluding hydrogens is 374 g/mol. The lowest BCUT2D eigenvalue weighted by Gasteiger charge is -2.14. The number of hydrogen-bond acceptors (Lipinski definition) is 4. The van der Waals surface area contributed by atoms with E-state index in [4.69, 9.17) is 11.6 Å². The van der Waals surface area contributed by atoms with Crippen LogP contribution in [-0.2, 0) is 4.79 Å². The van der Waals surface area contributed by atoms with Gasteiger partial charge in [0.2, 0.25) is 5.91 Å². The van der Waals surface area contributed by atoms with E-state index >= 15 is 0 Å². The van der Waals surface area contributed by atoms with Gasteiger partial charge in [-0.2, -0.15) is 0 Å². The number of amides is 3. The molecule has 26 heavy (non-hydrogen) atoms. The highest BCUT2D eigenvalue weighted by molar-refractivity contribution is 7.12. The molecule has 0 spiro atoms. The molecule has 1 aromatic heterocycles. The lowest BCUT2D eigenvalue weighted by Crippen LogP contribution is -2.45. The third-order valence-electron chi connectivity index (χ3n) is 3.51. The number of carbonyl (C=O) groups excluding carboxylic acids is 3. The highest BCUT2D eigenvalue weighted by atomic mass is 35.5. The summed E-state index contributed by atoms with van der Waals surface area (Å²) in [4.78, 5) is 36.9. The van der Waals surface area contributed by atoms with Crippen molar-refractivity contribution in [3.05, 3.63) is 51.2 Å². The maximum atomic E-state index is 12.4. The van der Waals surface area contributed by atoms with Crippen molar-refractivity contribution in [2.75, 3.05) is 11.9 Å². The fraction of sp³-hybridized carbons (Fsp3) is 0.278. The second kappa shape index (κ2) is 9.35. The maximum absolute atomic E-state index is 12.4. The van der Waals surface area contributed by atoms with Crippen LogP contribution in [-0.4, -0.2) is 30.3 Å². The van der Waals surface area contributed by atoms with Crippen LogP contribution in [0.1, 0.15) is 40.3 Å². The lowest BCUT2D eigenvalue weighted by molar-refractivity contribution is -0.122. The van der Waals surface area contributed by atoms with Gasteiger partial charge in [0.05, 0.1) is 15.6 Å². The Bertz CT molecular complexity index is 793. The number of carbonyl (C=O) groups is 3. The first-order valence-corrected chi connectivity index (χ1v) is 9.41. The highest BCUT2D eigenvalue weighted by Gasteiger charge is 2.17. The number of halogens is 1. The Morgan fingerprint density at radius 2 is 1.96 bits per heavy atom. The van der Waals surface area contributed by atoms with Crippen molar-refractivity contribution in [1.29, 1.82) is 0 Å². The molecule has 0 unspecified atom stereocenters. The molecule has 0 aliphatic rings.